The van der Waals surface area contributed by atoms with Crippen LogP contribution in [0.2, 0.25) is 0 Å². The van der Waals surface area contributed by atoms with Crippen molar-refractivity contribution in [2.75, 3.05) is 0 Å². The van der Waals surface area contributed by atoms with Crippen molar-refractivity contribution < 1.29 is 19.4 Å². The third-order valence-electron chi connectivity index (χ3n) is 3.59. The Kier molecular flexibility index (Phi) is 3.57. The van der Waals surface area contributed by atoms with Gasteiger partial charge >= 0.3 is 0 Å². The summed E-state index contributed by atoms with van der Waals surface area (Å²) in [6, 6.07) is 13.5. The number of nitrogens with zero attached hydrogens (tertiary/aromatic N) is 1. The lowest BCUT2D eigenvalue weighted by molar-refractivity contribution is -0.132. The van der Waals surface area contributed by atoms with E-state index in [0.717, 1.165) is 0 Å². The van der Waals surface area contributed by atoms with E-state index in [-0.39, 0.29) is 5.88 Å². The molecule has 0 saturated carbocycles. The zero-order chi connectivity index (χ0) is 16.4. The minimum absolute atomic E-state index is 0.267. The van der Waals surface area contributed by atoms with Gasteiger partial charge in [-0.2, -0.15) is 0 Å². The fourth-order valence-corrected chi connectivity index (χ4v) is 2.29. The molecule has 1 aromatic heterocycles. The van der Waals surface area contributed by atoms with E-state index in [2.05, 4.69) is 10.3 Å². The molecule has 23 heavy (non-hydrogen) atoms. The lowest BCUT2D eigenvalue weighted by Gasteiger charge is -2.22. The number of ether oxygens (including phenoxy) is 1. The lowest BCUT2D eigenvalue weighted by Crippen LogP contribution is -2.33. The van der Waals surface area contributed by atoms with E-state index in [1.54, 1.807) is 48.5 Å². The zero-order valence-electron chi connectivity index (χ0n) is 12.3. The van der Waals surface area contributed by atoms with Crippen LogP contribution in [-0.2, 0) is 15.1 Å². The molecule has 1 aromatic carbocycles. The number of hydrogen-bond donors (Lipinski definition) is 2. The number of ketones is 1. The Labute approximate surface area is 132 Å². The summed E-state index contributed by atoms with van der Waals surface area (Å²) in [6.07, 6.45) is 1.52. The van der Waals surface area contributed by atoms with Gasteiger partial charge in [-0.15, -0.1) is 0 Å². The van der Waals surface area contributed by atoms with E-state index in [4.69, 9.17) is 4.74 Å². The Morgan fingerprint density at radius 2 is 1.87 bits per heavy atom. The topological polar surface area (TPSA) is 88.5 Å². The number of hydrogen-bond acceptors (Lipinski definition) is 5. The molecule has 0 bridgehead atoms. The van der Waals surface area contributed by atoms with Crippen LogP contribution in [-0.4, -0.2) is 21.8 Å². The molecule has 1 aliphatic heterocycles. The molecule has 1 unspecified atom stereocenters. The van der Waals surface area contributed by atoms with Gasteiger partial charge in [-0.1, -0.05) is 24.3 Å². The van der Waals surface area contributed by atoms with Crippen molar-refractivity contribution in [1.82, 2.24) is 10.3 Å². The third kappa shape index (κ3) is 2.55. The standard InChI is InChI=1S/C17H14N2O4/c1-17(12-9-5-6-10-18-12)14(21)13(20)16(23-17)19-15(22)11-7-3-2-4-8-11/h2-10,20H,1H3,(H,19,22). The Bertz CT molecular complexity index is 787. The lowest BCUT2D eigenvalue weighted by atomic mass is 9.96. The van der Waals surface area contributed by atoms with Crippen LogP contribution < -0.4 is 5.32 Å². The van der Waals surface area contributed by atoms with E-state index in [0.29, 0.717) is 11.3 Å². The second kappa shape index (κ2) is 5.57. The van der Waals surface area contributed by atoms with Gasteiger partial charge in [0.2, 0.25) is 17.2 Å². The molecular weight excluding hydrogens is 296 g/mol. The van der Waals surface area contributed by atoms with Crippen LogP contribution >= 0.6 is 0 Å². The summed E-state index contributed by atoms with van der Waals surface area (Å²) in [5.41, 5.74) is -0.735. The highest BCUT2D eigenvalue weighted by Crippen LogP contribution is 2.35. The first-order valence-electron chi connectivity index (χ1n) is 6.97. The highest BCUT2D eigenvalue weighted by molar-refractivity contribution is 6.04. The third-order valence-corrected chi connectivity index (χ3v) is 3.59. The number of aromatic nitrogens is 1. The van der Waals surface area contributed by atoms with Crippen LogP contribution in [0.3, 0.4) is 0 Å². The summed E-state index contributed by atoms with van der Waals surface area (Å²) in [4.78, 5) is 28.6. The molecule has 0 radical (unpaired) electrons. The van der Waals surface area contributed by atoms with Gasteiger partial charge in [0.05, 0.1) is 5.69 Å². The molecule has 6 heteroatoms. The Morgan fingerprint density at radius 3 is 2.52 bits per heavy atom. The number of Topliss-reactive ketones (excluding diaryl/α,β-unsaturated/α-hetero) is 1. The second-order valence-electron chi connectivity index (χ2n) is 5.18. The Morgan fingerprint density at radius 1 is 1.17 bits per heavy atom. The molecule has 1 atom stereocenters. The van der Waals surface area contributed by atoms with Crippen molar-refractivity contribution in [3.63, 3.8) is 0 Å². The number of carbonyl (C=O) groups excluding carboxylic acids is 2. The van der Waals surface area contributed by atoms with Crippen LogP contribution in [0.15, 0.2) is 66.4 Å². The summed E-state index contributed by atoms with van der Waals surface area (Å²) < 4.78 is 5.54. The normalized spacial score (nSPS) is 20.3. The van der Waals surface area contributed by atoms with Crippen LogP contribution in [0.5, 0.6) is 0 Å². The smallest absolute Gasteiger partial charge is 0.258 e. The van der Waals surface area contributed by atoms with E-state index in [1.807, 2.05) is 0 Å². The maximum absolute atomic E-state index is 12.3. The van der Waals surface area contributed by atoms with Crippen molar-refractivity contribution in [2.24, 2.45) is 0 Å². The fourth-order valence-electron chi connectivity index (χ4n) is 2.29. The summed E-state index contributed by atoms with van der Waals surface area (Å²) in [6.45, 7) is 1.50. The zero-order valence-corrected chi connectivity index (χ0v) is 12.3. The number of aliphatic hydroxyl groups is 1. The van der Waals surface area contributed by atoms with Gasteiger partial charge in [-0.05, 0) is 31.2 Å². The number of pyridine rings is 1. The van der Waals surface area contributed by atoms with Gasteiger partial charge in [-0.25, -0.2) is 0 Å². The molecule has 1 amide bonds. The number of amides is 1. The van der Waals surface area contributed by atoms with E-state index >= 15 is 0 Å². The fraction of sp³-hybridized carbons (Fsp3) is 0.118. The van der Waals surface area contributed by atoms with Crippen molar-refractivity contribution in [3.8, 4) is 0 Å². The van der Waals surface area contributed by atoms with Crippen LogP contribution in [0, 0.1) is 0 Å². The summed E-state index contributed by atoms with van der Waals surface area (Å²) in [5, 5.41) is 12.4. The minimum atomic E-state index is -1.47. The van der Waals surface area contributed by atoms with Gasteiger partial charge in [0, 0.05) is 11.8 Å². The number of benzene rings is 1. The molecule has 1 aliphatic rings. The van der Waals surface area contributed by atoms with Crippen molar-refractivity contribution >= 4 is 11.7 Å². The summed E-state index contributed by atoms with van der Waals surface area (Å²) in [7, 11) is 0. The monoisotopic (exact) mass is 310 g/mol. The SMILES string of the molecule is CC1(c2ccccn2)OC(NC(=O)c2ccccc2)=C(O)C1=O. The van der Waals surface area contributed by atoms with Gasteiger partial charge < -0.3 is 9.84 Å². The molecule has 0 aliphatic carbocycles. The molecule has 6 nitrogen and oxygen atoms in total. The Hall–Kier alpha value is -3.15. The average Bonchev–Trinajstić information content (AvgIpc) is 2.81. The van der Waals surface area contributed by atoms with Crippen LogP contribution in [0.4, 0.5) is 0 Å². The first kappa shape index (κ1) is 14.8. The molecule has 0 fully saturated rings. The first-order chi connectivity index (χ1) is 11.0. The summed E-state index contributed by atoms with van der Waals surface area (Å²) in [5.74, 6) is -2.02. The molecular formula is C17H14N2O4. The molecule has 2 aromatic rings. The van der Waals surface area contributed by atoms with Crippen LogP contribution in [0.1, 0.15) is 23.0 Å². The van der Waals surface area contributed by atoms with Gasteiger partial charge in [0.15, 0.2) is 0 Å². The number of carbonyl (C=O) groups is 2. The molecule has 0 spiro atoms. The van der Waals surface area contributed by atoms with Gasteiger partial charge in [-0.3, -0.25) is 19.9 Å². The average molecular weight is 310 g/mol. The molecule has 116 valence electrons. The van der Waals surface area contributed by atoms with Crippen molar-refractivity contribution in [3.05, 3.63) is 77.6 Å². The van der Waals surface area contributed by atoms with Crippen molar-refractivity contribution in [2.45, 2.75) is 12.5 Å². The molecule has 2 heterocycles. The number of rotatable bonds is 3. The first-order valence-corrected chi connectivity index (χ1v) is 6.97. The molecule has 3 rings (SSSR count). The largest absolute Gasteiger partial charge is 0.501 e. The van der Waals surface area contributed by atoms with E-state index < -0.39 is 23.1 Å². The number of aliphatic hydroxyl groups excluding tert-OH is 1. The maximum Gasteiger partial charge on any atom is 0.258 e. The minimum Gasteiger partial charge on any atom is -0.501 e. The number of nitrogens with one attached hydrogen (secondary N) is 1. The van der Waals surface area contributed by atoms with Crippen LogP contribution in [0.25, 0.3) is 0 Å². The molecule has 2 N–H and O–H groups in total. The van der Waals surface area contributed by atoms with E-state index in [9.17, 15) is 14.7 Å². The second-order valence-corrected chi connectivity index (χ2v) is 5.18. The maximum atomic E-state index is 12.3. The summed E-state index contributed by atoms with van der Waals surface area (Å²) >= 11 is 0. The Balaban J connectivity index is 1.85. The molecule has 0 saturated heterocycles. The van der Waals surface area contributed by atoms with Crippen molar-refractivity contribution in [1.29, 1.82) is 0 Å². The highest BCUT2D eigenvalue weighted by atomic mass is 16.5. The highest BCUT2D eigenvalue weighted by Gasteiger charge is 2.49. The van der Waals surface area contributed by atoms with Gasteiger partial charge in [0.25, 0.3) is 11.7 Å². The van der Waals surface area contributed by atoms with E-state index in [1.165, 1.54) is 13.1 Å². The predicted molar refractivity (Wildman–Crippen MR) is 81.2 cm³/mol. The predicted octanol–water partition coefficient (Wildman–Crippen LogP) is 2.05. The quantitative estimate of drug-likeness (QED) is 0.906. The van der Waals surface area contributed by atoms with Gasteiger partial charge in [0.1, 0.15) is 0 Å².